The van der Waals surface area contributed by atoms with Gasteiger partial charge in [-0.2, -0.15) is 0 Å². The van der Waals surface area contributed by atoms with Crippen molar-refractivity contribution in [1.82, 2.24) is 4.90 Å². The Labute approximate surface area is 146 Å². The largest absolute Gasteiger partial charge is 0.469 e. The molecule has 2 rings (SSSR count). The van der Waals surface area contributed by atoms with E-state index in [4.69, 9.17) is 16.3 Å². The van der Waals surface area contributed by atoms with E-state index < -0.39 is 10.0 Å². The van der Waals surface area contributed by atoms with Crippen LogP contribution in [0.3, 0.4) is 0 Å². The summed E-state index contributed by atoms with van der Waals surface area (Å²) in [6.45, 7) is 0.916. The van der Waals surface area contributed by atoms with Crippen molar-refractivity contribution < 1.29 is 22.7 Å². The molecule has 1 saturated heterocycles. The van der Waals surface area contributed by atoms with E-state index in [0.717, 1.165) is 6.26 Å². The average molecular weight is 375 g/mol. The first-order valence-corrected chi connectivity index (χ1v) is 9.62. The van der Waals surface area contributed by atoms with Gasteiger partial charge in [-0.25, -0.2) is 8.42 Å². The van der Waals surface area contributed by atoms with Gasteiger partial charge in [-0.3, -0.25) is 14.3 Å². The van der Waals surface area contributed by atoms with Gasteiger partial charge < -0.3 is 9.64 Å². The normalized spacial score (nSPS) is 15.9. The Bertz CT molecular complexity index is 742. The number of sulfonamides is 1. The first-order chi connectivity index (χ1) is 11.2. The number of benzene rings is 1. The second-order valence-corrected chi connectivity index (χ2v) is 7.81. The van der Waals surface area contributed by atoms with Crippen molar-refractivity contribution in [2.75, 3.05) is 31.2 Å². The molecule has 1 fully saturated rings. The predicted molar refractivity (Wildman–Crippen MR) is 90.6 cm³/mol. The topological polar surface area (TPSA) is 92.8 Å². The quantitative estimate of drug-likeness (QED) is 0.810. The molecule has 0 radical (unpaired) electrons. The average Bonchev–Trinajstić information content (AvgIpc) is 2.54. The Hall–Kier alpha value is -1.80. The highest BCUT2D eigenvalue weighted by atomic mass is 35.5. The van der Waals surface area contributed by atoms with Gasteiger partial charge >= 0.3 is 5.97 Å². The summed E-state index contributed by atoms with van der Waals surface area (Å²) in [6, 6.07) is 4.41. The fourth-order valence-corrected chi connectivity index (χ4v) is 3.46. The number of halogens is 1. The molecule has 9 heteroatoms. The van der Waals surface area contributed by atoms with Gasteiger partial charge in [-0.1, -0.05) is 11.6 Å². The molecule has 1 aromatic rings. The van der Waals surface area contributed by atoms with Crippen molar-refractivity contribution in [3.63, 3.8) is 0 Å². The van der Waals surface area contributed by atoms with E-state index in [1.807, 2.05) is 0 Å². The van der Waals surface area contributed by atoms with Crippen molar-refractivity contribution >= 4 is 39.2 Å². The first-order valence-electron chi connectivity index (χ1n) is 7.35. The molecule has 7 nitrogen and oxygen atoms in total. The third-order valence-corrected chi connectivity index (χ3v) is 4.73. The number of anilines is 1. The molecule has 0 bridgehead atoms. The smallest absolute Gasteiger partial charge is 0.308 e. The molecule has 0 atom stereocenters. The fourth-order valence-electron chi connectivity index (χ4n) is 2.60. The van der Waals surface area contributed by atoms with Gasteiger partial charge in [0.2, 0.25) is 10.0 Å². The summed E-state index contributed by atoms with van der Waals surface area (Å²) in [4.78, 5) is 25.7. The molecule has 1 aromatic carbocycles. The molecular formula is C15H19ClN2O5S. The number of carbonyl (C=O) groups is 2. The van der Waals surface area contributed by atoms with Crippen LogP contribution < -0.4 is 4.72 Å². The van der Waals surface area contributed by atoms with Crippen LogP contribution in [-0.2, 0) is 19.6 Å². The standard InChI is InChI=1S/C15H19ClN2O5S/c1-23-15(20)10-5-7-18(8-6-10)14(19)11-3-4-13(12(16)9-11)17-24(2,21)22/h3-4,9-10,17H,5-8H2,1-2H3. The number of nitrogens with one attached hydrogen (secondary N) is 1. The van der Waals surface area contributed by atoms with Crippen LogP contribution in [0.25, 0.3) is 0 Å². The highest BCUT2D eigenvalue weighted by molar-refractivity contribution is 7.92. The molecule has 0 unspecified atom stereocenters. The molecule has 24 heavy (non-hydrogen) atoms. The second-order valence-electron chi connectivity index (χ2n) is 5.66. The van der Waals surface area contributed by atoms with Crippen LogP contribution in [0, 0.1) is 5.92 Å². The van der Waals surface area contributed by atoms with Gasteiger partial charge in [-0.05, 0) is 31.0 Å². The summed E-state index contributed by atoms with van der Waals surface area (Å²) in [7, 11) is -2.09. The van der Waals surface area contributed by atoms with Gasteiger partial charge in [0.25, 0.3) is 5.91 Å². The predicted octanol–water partition coefficient (Wildman–Crippen LogP) is 1.74. The highest BCUT2D eigenvalue weighted by Gasteiger charge is 2.28. The number of ether oxygens (including phenoxy) is 1. The number of piperidine rings is 1. The Morgan fingerprint density at radius 1 is 1.29 bits per heavy atom. The lowest BCUT2D eigenvalue weighted by Crippen LogP contribution is -2.40. The van der Waals surface area contributed by atoms with Gasteiger partial charge in [0.1, 0.15) is 0 Å². The van der Waals surface area contributed by atoms with Gasteiger partial charge in [0, 0.05) is 18.7 Å². The molecule has 0 aromatic heterocycles. The maximum Gasteiger partial charge on any atom is 0.308 e. The maximum absolute atomic E-state index is 12.5. The van der Waals surface area contributed by atoms with E-state index in [1.54, 1.807) is 4.90 Å². The summed E-state index contributed by atoms with van der Waals surface area (Å²) in [5, 5.41) is 0.149. The third-order valence-electron chi connectivity index (χ3n) is 3.83. The number of hydrogen-bond donors (Lipinski definition) is 1. The minimum absolute atomic E-state index is 0.149. The highest BCUT2D eigenvalue weighted by Crippen LogP contribution is 2.26. The number of hydrogen-bond acceptors (Lipinski definition) is 5. The van der Waals surface area contributed by atoms with Gasteiger partial charge in [0.05, 0.1) is 30.0 Å². The zero-order valence-electron chi connectivity index (χ0n) is 13.4. The molecule has 1 heterocycles. The van der Waals surface area contributed by atoms with Crippen molar-refractivity contribution in [3.05, 3.63) is 28.8 Å². The van der Waals surface area contributed by atoms with Crippen LogP contribution >= 0.6 is 11.6 Å². The Kier molecular flexibility index (Phi) is 5.71. The van der Waals surface area contributed by atoms with Crippen LogP contribution in [0.1, 0.15) is 23.2 Å². The fraction of sp³-hybridized carbons (Fsp3) is 0.467. The number of esters is 1. The van der Waals surface area contributed by atoms with E-state index in [-0.39, 0.29) is 28.5 Å². The number of amides is 1. The number of carbonyl (C=O) groups excluding carboxylic acids is 2. The third kappa shape index (κ3) is 4.61. The minimum Gasteiger partial charge on any atom is -0.469 e. The summed E-state index contributed by atoms with van der Waals surface area (Å²) >= 11 is 6.04. The second kappa shape index (κ2) is 7.40. The van der Waals surface area contributed by atoms with E-state index in [2.05, 4.69) is 4.72 Å². The summed E-state index contributed by atoms with van der Waals surface area (Å²) in [6.07, 6.45) is 2.13. The molecule has 1 N–H and O–H groups in total. The van der Waals surface area contributed by atoms with Crippen molar-refractivity contribution in [1.29, 1.82) is 0 Å². The molecule has 0 aliphatic carbocycles. The summed E-state index contributed by atoms with van der Waals surface area (Å²) < 4.78 is 29.5. The minimum atomic E-state index is -3.44. The molecule has 0 saturated carbocycles. The molecule has 132 valence electrons. The Morgan fingerprint density at radius 2 is 1.92 bits per heavy atom. The number of rotatable bonds is 4. The van der Waals surface area contributed by atoms with Gasteiger partial charge in [-0.15, -0.1) is 0 Å². The van der Waals surface area contributed by atoms with Crippen LogP contribution in [0.2, 0.25) is 5.02 Å². The van der Waals surface area contributed by atoms with E-state index >= 15 is 0 Å². The first kappa shape index (κ1) is 18.5. The summed E-state index contributed by atoms with van der Waals surface area (Å²) in [5.41, 5.74) is 0.593. The van der Waals surface area contributed by atoms with E-state index in [0.29, 0.717) is 31.5 Å². The van der Waals surface area contributed by atoms with Crippen LogP contribution in [0.5, 0.6) is 0 Å². The Balaban J connectivity index is 2.06. The van der Waals surface area contributed by atoms with Gasteiger partial charge in [0.15, 0.2) is 0 Å². The molecule has 0 spiro atoms. The Morgan fingerprint density at radius 3 is 2.42 bits per heavy atom. The number of methoxy groups -OCH3 is 1. The molecule has 1 aliphatic rings. The van der Waals surface area contributed by atoms with Crippen LogP contribution in [-0.4, -0.2) is 51.6 Å². The zero-order valence-corrected chi connectivity index (χ0v) is 15.0. The van der Waals surface area contributed by atoms with E-state index in [9.17, 15) is 18.0 Å². The zero-order chi connectivity index (χ0) is 17.9. The van der Waals surface area contributed by atoms with Crippen molar-refractivity contribution in [3.8, 4) is 0 Å². The molecular weight excluding hydrogens is 356 g/mol. The summed E-state index contributed by atoms with van der Waals surface area (Å²) in [5.74, 6) is -0.628. The monoisotopic (exact) mass is 374 g/mol. The van der Waals surface area contributed by atoms with Crippen molar-refractivity contribution in [2.24, 2.45) is 5.92 Å². The maximum atomic E-state index is 12.5. The molecule has 1 aliphatic heterocycles. The number of nitrogens with zero attached hydrogens (tertiary/aromatic N) is 1. The van der Waals surface area contributed by atoms with Crippen LogP contribution in [0.4, 0.5) is 5.69 Å². The molecule has 1 amide bonds. The lowest BCUT2D eigenvalue weighted by molar-refractivity contribution is -0.146. The van der Waals surface area contributed by atoms with Crippen molar-refractivity contribution in [2.45, 2.75) is 12.8 Å². The SMILES string of the molecule is COC(=O)C1CCN(C(=O)c2ccc(NS(C)(=O)=O)c(Cl)c2)CC1. The lowest BCUT2D eigenvalue weighted by atomic mass is 9.96. The van der Waals surface area contributed by atoms with Crippen LogP contribution in [0.15, 0.2) is 18.2 Å². The number of likely N-dealkylation sites (tertiary alicyclic amines) is 1. The lowest BCUT2D eigenvalue weighted by Gasteiger charge is -2.30. The van der Waals surface area contributed by atoms with E-state index in [1.165, 1.54) is 25.3 Å².